The molecule has 1 saturated carbocycles. The Morgan fingerprint density at radius 1 is 0.940 bits per heavy atom. The molecule has 4 amide bonds. The number of β-amino-alcohol motifs (C(OH)–C–C–N with tert-alkyl or cyclic N) is 1. The number of carbonyl (C=O) groups is 4. The number of nitrogens with zero attached hydrogens (tertiary/aromatic N) is 10. The molecule has 5 aliphatic rings. The number of aliphatic hydroxyl groups is 1. The molecular formula is C63H75ClN12O7S. The molecule has 3 saturated heterocycles. The van der Waals surface area contributed by atoms with Crippen LogP contribution in [0.15, 0.2) is 77.8 Å². The highest BCUT2D eigenvalue weighted by Crippen LogP contribution is 2.39. The number of nitrogens with one attached hydrogen (secondary N) is 2. The molecule has 3 N–H and O–H groups in total. The molecule has 84 heavy (non-hydrogen) atoms. The maximum atomic E-state index is 14.2. The van der Waals surface area contributed by atoms with Crippen molar-refractivity contribution in [1.29, 1.82) is 10.5 Å². The normalized spacial score (nSPS) is 20.5. The molecule has 10 rings (SSSR count). The Balaban J connectivity index is 0.728. The minimum atomic E-state index is -0.946. The van der Waals surface area contributed by atoms with Crippen LogP contribution in [0.4, 0.5) is 11.5 Å². The van der Waals surface area contributed by atoms with Gasteiger partial charge in [0.1, 0.15) is 36.2 Å². The zero-order chi connectivity index (χ0) is 59.1. The van der Waals surface area contributed by atoms with Gasteiger partial charge in [0.2, 0.25) is 17.7 Å². The first kappa shape index (κ1) is 59.9. The van der Waals surface area contributed by atoms with Gasteiger partial charge in [-0.25, -0.2) is 4.98 Å². The van der Waals surface area contributed by atoms with Gasteiger partial charge in [-0.3, -0.25) is 24.1 Å². The first-order chi connectivity index (χ1) is 40.6. The Bertz CT molecular complexity index is 3330. The van der Waals surface area contributed by atoms with Crippen molar-refractivity contribution in [3.05, 3.63) is 105 Å². The zero-order valence-electron chi connectivity index (χ0n) is 48.4. The Morgan fingerprint density at radius 2 is 1.74 bits per heavy atom. The Hall–Kier alpha value is -7.20. The maximum absolute atomic E-state index is 14.2. The monoisotopic (exact) mass is 1180 g/mol. The molecule has 0 bridgehead atoms. The Kier molecular flexibility index (Phi) is 19.1. The van der Waals surface area contributed by atoms with Crippen molar-refractivity contribution in [2.45, 2.75) is 129 Å². The molecule has 2 aromatic heterocycles. The number of allylic oxidation sites excluding steroid dienone is 1. The van der Waals surface area contributed by atoms with Crippen LogP contribution in [-0.4, -0.2) is 154 Å². The van der Waals surface area contributed by atoms with E-state index in [1.165, 1.54) is 4.90 Å². The van der Waals surface area contributed by atoms with Crippen LogP contribution >= 0.6 is 22.9 Å². The van der Waals surface area contributed by atoms with Crippen molar-refractivity contribution in [3.8, 4) is 28.6 Å². The highest BCUT2D eigenvalue weighted by molar-refractivity contribution is 7.13. The number of thiazole rings is 1. The number of rotatable bonds is 21. The molecule has 4 fully saturated rings. The number of carbonyl (C=O) groups excluding carboxylic acids is 4. The number of fused-ring (bicyclic) bond motifs is 2. The second kappa shape index (κ2) is 26.8. The van der Waals surface area contributed by atoms with E-state index in [4.69, 9.17) is 31.0 Å². The maximum Gasteiger partial charge on any atom is 0.318 e. The third kappa shape index (κ3) is 14.1. The molecule has 19 nitrogen and oxygen atoms in total. The van der Waals surface area contributed by atoms with Gasteiger partial charge in [-0.05, 0) is 92.0 Å². The minimum Gasteiger partial charge on any atom is -0.462 e. The van der Waals surface area contributed by atoms with Crippen molar-refractivity contribution in [1.82, 2.24) is 40.3 Å². The molecule has 5 aromatic rings. The average molecular weight is 1180 g/mol. The third-order valence-electron chi connectivity index (χ3n) is 16.8. The van der Waals surface area contributed by atoms with Crippen LogP contribution in [0.25, 0.3) is 21.2 Å². The number of benzene rings is 3. The molecular weight excluding hydrogens is 1100 g/mol. The molecule has 1 aliphatic carbocycles. The Morgan fingerprint density at radius 3 is 2.48 bits per heavy atom. The molecule has 6 heterocycles. The van der Waals surface area contributed by atoms with Crippen LogP contribution in [0.2, 0.25) is 5.02 Å². The van der Waals surface area contributed by atoms with Gasteiger partial charge in [0.25, 0.3) is 5.91 Å². The van der Waals surface area contributed by atoms with E-state index < -0.39 is 35.6 Å². The van der Waals surface area contributed by atoms with Gasteiger partial charge in [-0.1, -0.05) is 87.0 Å². The zero-order valence-corrected chi connectivity index (χ0v) is 50.0. The summed E-state index contributed by atoms with van der Waals surface area (Å²) in [6, 6.07) is 22.5. The number of amides is 4. The molecule has 0 spiro atoms. The number of aliphatic hydroxyl groups excluding tert-OH is 1. The lowest BCUT2D eigenvalue weighted by Crippen LogP contribution is -2.57. The van der Waals surface area contributed by atoms with Crippen LogP contribution in [0.3, 0.4) is 0 Å². The van der Waals surface area contributed by atoms with Crippen LogP contribution in [-0.2, 0) is 43.4 Å². The summed E-state index contributed by atoms with van der Waals surface area (Å²) < 4.78 is 12.6. The number of anilines is 2. The number of aryl methyl sites for hydroxylation is 1. The van der Waals surface area contributed by atoms with Crippen molar-refractivity contribution in [2.24, 2.45) is 11.3 Å². The molecule has 5 atom stereocenters. The minimum absolute atomic E-state index is 0.0139. The third-order valence-corrected chi connectivity index (χ3v) is 18.1. The quantitative estimate of drug-likeness (QED) is 0.0366. The number of hydrogen-bond acceptors (Lipinski definition) is 16. The van der Waals surface area contributed by atoms with Crippen molar-refractivity contribution >= 4 is 68.8 Å². The number of likely N-dealkylation sites (tertiary alicyclic amines) is 2. The summed E-state index contributed by atoms with van der Waals surface area (Å²) in [6.07, 6.45) is 6.39. The highest BCUT2D eigenvalue weighted by atomic mass is 35.5. The number of piperazine rings is 1. The van der Waals surface area contributed by atoms with Gasteiger partial charge in [-0.2, -0.15) is 20.5 Å². The summed E-state index contributed by atoms with van der Waals surface area (Å²) >= 11 is 8.41. The van der Waals surface area contributed by atoms with E-state index >= 15 is 0 Å². The second-order valence-corrected chi connectivity index (χ2v) is 25.1. The number of nitriles is 2. The lowest BCUT2D eigenvalue weighted by atomic mass is 9.85. The summed E-state index contributed by atoms with van der Waals surface area (Å²) in [7, 11) is 0. The summed E-state index contributed by atoms with van der Waals surface area (Å²) in [5, 5.41) is 39.2. The fraction of sp³-hybridized carbons (Fsp3) is 0.508. The lowest BCUT2D eigenvalue weighted by molar-refractivity contribution is -0.144. The smallest absolute Gasteiger partial charge is 0.318 e. The number of aromatic nitrogens is 3. The van der Waals surface area contributed by atoms with Gasteiger partial charge in [-0.15, -0.1) is 11.3 Å². The summed E-state index contributed by atoms with van der Waals surface area (Å²) in [6.45, 7) is 12.7. The lowest BCUT2D eigenvalue weighted by Gasteiger charge is -2.42. The van der Waals surface area contributed by atoms with E-state index in [0.29, 0.717) is 57.4 Å². The van der Waals surface area contributed by atoms with E-state index in [1.54, 1.807) is 22.3 Å². The number of ether oxygens (including phenoxy) is 2. The fourth-order valence-electron chi connectivity index (χ4n) is 12.1. The van der Waals surface area contributed by atoms with E-state index in [9.17, 15) is 34.8 Å². The van der Waals surface area contributed by atoms with E-state index in [-0.39, 0.29) is 80.2 Å². The Labute approximate surface area is 500 Å². The van der Waals surface area contributed by atoms with Crippen LogP contribution in [0, 0.1) is 40.9 Å². The molecule has 0 radical (unpaired) electrons. The largest absolute Gasteiger partial charge is 0.462 e. The van der Waals surface area contributed by atoms with Crippen molar-refractivity contribution in [3.63, 3.8) is 0 Å². The first-order valence-corrected chi connectivity index (χ1v) is 30.7. The molecule has 0 unspecified atom stereocenters. The first-order valence-electron chi connectivity index (χ1n) is 29.4. The number of halogens is 1. The van der Waals surface area contributed by atoms with Gasteiger partial charge in [0.15, 0.2) is 0 Å². The van der Waals surface area contributed by atoms with Gasteiger partial charge in [0.05, 0.1) is 64.6 Å². The van der Waals surface area contributed by atoms with Crippen LogP contribution in [0.5, 0.6) is 6.01 Å². The molecule has 442 valence electrons. The summed E-state index contributed by atoms with van der Waals surface area (Å²) in [4.78, 5) is 80.6. The van der Waals surface area contributed by atoms with Gasteiger partial charge in [0, 0.05) is 87.9 Å². The van der Waals surface area contributed by atoms with E-state index in [0.717, 1.165) is 100 Å². The SMILES string of the molecule is Cc1ncsc1-c1ccc(CNC(=O)[C@@H]2C[C@@H](O)CN2C(=O)[C@@H](NC(=O)CCOCCCN2CCC[C@H]2COc2nc3c(c(N4CCN(C(=O)/C(C#N)=C/C5CC5)[C@@H](CC#N)C4)n2)CCN(c2cccc4cccc(Cl)c24)C3)C(C)(C)C)cc1. The predicted octanol–water partition coefficient (Wildman–Crippen LogP) is 7.52. The van der Waals surface area contributed by atoms with Crippen LogP contribution in [0.1, 0.15) is 94.7 Å². The molecule has 3 aromatic carbocycles. The summed E-state index contributed by atoms with van der Waals surface area (Å²) in [5.41, 5.74) is 7.03. The van der Waals surface area contributed by atoms with Crippen molar-refractivity contribution < 1.29 is 33.8 Å². The topological polar surface area (TPSA) is 233 Å². The van der Waals surface area contributed by atoms with E-state index in [1.807, 2.05) is 75.7 Å². The molecule has 4 aliphatic heterocycles. The van der Waals surface area contributed by atoms with Gasteiger partial charge < -0.3 is 44.8 Å². The van der Waals surface area contributed by atoms with Gasteiger partial charge >= 0.3 is 6.01 Å². The fourth-order valence-corrected chi connectivity index (χ4v) is 13.2. The molecule has 21 heteroatoms. The highest BCUT2D eigenvalue weighted by Gasteiger charge is 2.45. The van der Waals surface area contributed by atoms with Crippen molar-refractivity contribution in [2.75, 3.05) is 75.4 Å². The summed E-state index contributed by atoms with van der Waals surface area (Å²) in [5.74, 6) is -0.463. The second-order valence-electron chi connectivity index (χ2n) is 23.8. The standard InChI is InChI=1S/C63H75ClN12O7S/c1-40-56(84-39-68-40)44-18-16-42(17-19-44)34-67-59(79)53-32-48(77)36-76(53)61(81)57(63(2,3)4)70-54(78)22-30-82-29-8-25-72-24-7-11-47(72)38-83-62-69-51-37-73(52-13-6-10-43-9-5-12-50(64)55(43)52)26-21-49(51)58(71-62)74-27-28-75(46(35-74)20-23-65)60(80)45(33-66)31-41-14-15-41/h5-6,9-10,12-13,16-19,31,39,41,46-48,53,57,77H,7-8,11,14-15,20-22,24-30,32,34-38H2,1-4H3,(H,67,79)(H,70,78)/b45-31+/t46-,47-,48+,53-,57+/m0/s1. The number of hydrogen-bond donors (Lipinski definition) is 3. The average Bonchev–Trinajstić information content (AvgIpc) is 1.57. The van der Waals surface area contributed by atoms with E-state index in [2.05, 4.69) is 60.7 Å². The van der Waals surface area contributed by atoms with Crippen LogP contribution < -0.4 is 25.2 Å². The predicted molar refractivity (Wildman–Crippen MR) is 322 cm³/mol.